The zero-order valence-electron chi connectivity index (χ0n) is 13.4. The Morgan fingerprint density at radius 3 is 2.85 bits per heavy atom. The summed E-state index contributed by atoms with van der Waals surface area (Å²) in [6.45, 7) is 0.507. The molecule has 6 nitrogen and oxygen atoms in total. The first-order valence-corrected chi connectivity index (χ1v) is 8.67. The summed E-state index contributed by atoms with van der Waals surface area (Å²) in [6, 6.07) is 10.3. The van der Waals surface area contributed by atoms with E-state index in [1.807, 2.05) is 6.07 Å². The molecule has 0 fully saturated rings. The molecular formula is C18H13Cl2N3O3. The Balaban J connectivity index is 1.44. The molecule has 26 heavy (non-hydrogen) atoms. The predicted molar refractivity (Wildman–Crippen MR) is 98.7 cm³/mol. The van der Waals surface area contributed by atoms with Crippen LogP contribution < -0.4 is 10.6 Å². The fourth-order valence-electron chi connectivity index (χ4n) is 2.91. The molecule has 2 aliphatic heterocycles. The predicted octanol–water partition coefficient (Wildman–Crippen LogP) is 3.37. The topological polar surface area (TPSA) is 79.8 Å². The summed E-state index contributed by atoms with van der Waals surface area (Å²) in [5.41, 5.74) is 3.28. The summed E-state index contributed by atoms with van der Waals surface area (Å²) >= 11 is 12.1. The van der Waals surface area contributed by atoms with Crippen molar-refractivity contribution in [2.24, 2.45) is 5.16 Å². The van der Waals surface area contributed by atoms with Gasteiger partial charge in [-0.1, -0.05) is 40.5 Å². The number of anilines is 1. The molecule has 0 saturated heterocycles. The normalized spacial score (nSPS) is 18.0. The van der Waals surface area contributed by atoms with Gasteiger partial charge >= 0.3 is 0 Å². The van der Waals surface area contributed by atoms with E-state index in [-0.39, 0.29) is 11.8 Å². The molecule has 0 unspecified atom stereocenters. The second-order valence-electron chi connectivity index (χ2n) is 6.00. The second-order valence-corrected chi connectivity index (χ2v) is 6.85. The molecule has 2 aromatic carbocycles. The highest BCUT2D eigenvalue weighted by Gasteiger charge is 2.30. The van der Waals surface area contributed by atoms with Crippen molar-refractivity contribution in [3.8, 4) is 0 Å². The Morgan fingerprint density at radius 2 is 2.04 bits per heavy atom. The van der Waals surface area contributed by atoms with Gasteiger partial charge in [0.1, 0.15) is 0 Å². The molecule has 2 N–H and O–H groups in total. The Kier molecular flexibility index (Phi) is 4.30. The smallest absolute Gasteiger partial charge is 0.268 e. The summed E-state index contributed by atoms with van der Waals surface area (Å²) in [5, 5.41) is 10.4. The van der Waals surface area contributed by atoms with Crippen LogP contribution in [0.2, 0.25) is 10.0 Å². The molecule has 2 aliphatic rings. The summed E-state index contributed by atoms with van der Waals surface area (Å²) in [5.74, 6) is -0.483. The number of amides is 2. The molecule has 0 bridgehead atoms. The Morgan fingerprint density at radius 1 is 1.19 bits per heavy atom. The van der Waals surface area contributed by atoms with Crippen LogP contribution in [0.1, 0.15) is 27.9 Å². The minimum absolute atomic E-state index is 0.142. The minimum Gasteiger partial charge on any atom is -0.382 e. The standard InChI is InChI=1S/C18H13Cl2N3O3/c19-10-2-4-12(14(20)5-10)15-7-16(26-23-15)18(25)22-11-3-1-9-8-21-17(24)13(9)6-11/h1-6,16H,7-8H2,(H,21,24)(H,22,25)/t16-/m0/s1. The van der Waals surface area contributed by atoms with Crippen LogP contribution in [0, 0.1) is 0 Å². The Bertz CT molecular complexity index is 959. The number of oxime groups is 1. The van der Waals surface area contributed by atoms with Crippen molar-refractivity contribution >= 4 is 46.4 Å². The number of halogens is 2. The highest BCUT2D eigenvalue weighted by molar-refractivity contribution is 6.37. The second kappa shape index (κ2) is 6.63. The number of carbonyl (C=O) groups is 2. The van der Waals surface area contributed by atoms with E-state index in [9.17, 15) is 9.59 Å². The first-order valence-electron chi connectivity index (χ1n) is 7.91. The lowest BCUT2D eigenvalue weighted by molar-refractivity contribution is -0.125. The van der Waals surface area contributed by atoms with Gasteiger partial charge in [-0.3, -0.25) is 9.59 Å². The molecule has 2 amide bonds. The van der Waals surface area contributed by atoms with E-state index in [0.29, 0.717) is 45.5 Å². The van der Waals surface area contributed by atoms with Crippen LogP contribution >= 0.6 is 23.2 Å². The van der Waals surface area contributed by atoms with Crippen LogP contribution in [0.15, 0.2) is 41.6 Å². The largest absolute Gasteiger partial charge is 0.382 e. The van der Waals surface area contributed by atoms with Gasteiger partial charge in [0, 0.05) is 34.8 Å². The number of hydrogen-bond acceptors (Lipinski definition) is 4. The van der Waals surface area contributed by atoms with Gasteiger partial charge < -0.3 is 15.5 Å². The zero-order chi connectivity index (χ0) is 18.3. The number of benzene rings is 2. The molecular weight excluding hydrogens is 377 g/mol. The van der Waals surface area contributed by atoms with Gasteiger partial charge in [-0.2, -0.15) is 0 Å². The highest BCUT2D eigenvalue weighted by atomic mass is 35.5. The third kappa shape index (κ3) is 3.13. The SMILES string of the molecule is O=C1NCc2ccc(NC(=O)[C@@H]3CC(c4ccc(Cl)cc4Cl)=NO3)cc21. The molecule has 8 heteroatoms. The van der Waals surface area contributed by atoms with Crippen molar-refractivity contribution in [1.29, 1.82) is 0 Å². The highest BCUT2D eigenvalue weighted by Crippen LogP contribution is 2.27. The molecule has 0 aliphatic carbocycles. The summed E-state index contributed by atoms with van der Waals surface area (Å²) < 4.78 is 0. The van der Waals surface area contributed by atoms with E-state index in [0.717, 1.165) is 5.56 Å². The number of hydrogen-bond donors (Lipinski definition) is 2. The molecule has 2 aromatic rings. The van der Waals surface area contributed by atoms with Crippen molar-refractivity contribution in [2.45, 2.75) is 19.1 Å². The molecule has 0 radical (unpaired) electrons. The fourth-order valence-corrected chi connectivity index (χ4v) is 3.43. The maximum atomic E-state index is 12.4. The Labute approximate surface area is 159 Å². The van der Waals surface area contributed by atoms with Crippen LogP contribution in [-0.2, 0) is 16.2 Å². The van der Waals surface area contributed by atoms with Crippen molar-refractivity contribution in [1.82, 2.24) is 5.32 Å². The maximum absolute atomic E-state index is 12.4. The first-order chi connectivity index (χ1) is 12.5. The molecule has 132 valence electrons. The number of nitrogens with zero attached hydrogens (tertiary/aromatic N) is 1. The zero-order valence-corrected chi connectivity index (χ0v) is 14.9. The number of rotatable bonds is 3. The van der Waals surface area contributed by atoms with Crippen LogP contribution in [-0.4, -0.2) is 23.6 Å². The first kappa shape index (κ1) is 16.9. The lowest BCUT2D eigenvalue weighted by Gasteiger charge is -2.10. The van der Waals surface area contributed by atoms with Crippen LogP contribution in [0.5, 0.6) is 0 Å². The number of carbonyl (C=O) groups excluding carboxylic acids is 2. The molecule has 0 aromatic heterocycles. The number of fused-ring (bicyclic) bond motifs is 1. The van der Waals surface area contributed by atoms with Crippen molar-refractivity contribution in [2.75, 3.05) is 5.32 Å². The average Bonchev–Trinajstić information content (AvgIpc) is 3.23. The Hall–Kier alpha value is -2.57. The van der Waals surface area contributed by atoms with Crippen LogP contribution in [0.3, 0.4) is 0 Å². The number of nitrogens with one attached hydrogen (secondary N) is 2. The van der Waals surface area contributed by atoms with E-state index < -0.39 is 6.10 Å². The van der Waals surface area contributed by atoms with Crippen molar-refractivity contribution < 1.29 is 14.4 Å². The van der Waals surface area contributed by atoms with Gasteiger partial charge in [-0.25, -0.2) is 0 Å². The van der Waals surface area contributed by atoms with Gasteiger partial charge in [0.15, 0.2) is 0 Å². The maximum Gasteiger partial charge on any atom is 0.268 e. The van der Waals surface area contributed by atoms with Gasteiger partial charge in [0.05, 0.1) is 10.7 Å². The molecule has 2 heterocycles. The van der Waals surface area contributed by atoms with Crippen molar-refractivity contribution in [3.05, 3.63) is 63.1 Å². The summed E-state index contributed by atoms with van der Waals surface area (Å²) in [4.78, 5) is 29.4. The van der Waals surface area contributed by atoms with Gasteiger partial charge in [0.2, 0.25) is 6.10 Å². The average molecular weight is 390 g/mol. The third-order valence-corrected chi connectivity index (χ3v) is 4.81. The van der Waals surface area contributed by atoms with Crippen LogP contribution in [0.25, 0.3) is 0 Å². The van der Waals surface area contributed by atoms with E-state index in [2.05, 4.69) is 15.8 Å². The third-order valence-electron chi connectivity index (χ3n) is 4.26. The monoisotopic (exact) mass is 389 g/mol. The van der Waals surface area contributed by atoms with E-state index in [1.54, 1.807) is 30.3 Å². The lowest BCUT2D eigenvalue weighted by Crippen LogP contribution is -2.28. The molecule has 0 saturated carbocycles. The minimum atomic E-state index is -0.765. The van der Waals surface area contributed by atoms with E-state index >= 15 is 0 Å². The lowest BCUT2D eigenvalue weighted by atomic mass is 10.0. The molecule has 4 rings (SSSR count). The van der Waals surface area contributed by atoms with E-state index in [1.165, 1.54) is 0 Å². The summed E-state index contributed by atoms with van der Waals surface area (Å²) in [6.07, 6.45) is -0.475. The van der Waals surface area contributed by atoms with Crippen molar-refractivity contribution in [3.63, 3.8) is 0 Å². The molecule has 0 spiro atoms. The fraction of sp³-hybridized carbons (Fsp3) is 0.167. The van der Waals surface area contributed by atoms with Gasteiger partial charge in [-0.15, -0.1) is 0 Å². The van der Waals surface area contributed by atoms with Gasteiger partial charge in [0.25, 0.3) is 11.8 Å². The van der Waals surface area contributed by atoms with E-state index in [4.69, 9.17) is 28.0 Å². The summed E-state index contributed by atoms with van der Waals surface area (Å²) in [7, 11) is 0. The quantitative estimate of drug-likeness (QED) is 0.844. The van der Waals surface area contributed by atoms with Gasteiger partial charge in [-0.05, 0) is 29.8 Å². The molecule has 1 atom stereocenters. The van der Waals surface area contributed by atoms with Crippen LogP contribution in [0.4, 0.5) is 5.69 Å².